The van der Waals surface area contributed by atoms with Gasteiger partial charge in [0, 0.05) is 55.2 Å². The molecule has 8 nitrogen and oxygen atoms in total. The molecule has 164 valence electrons. The predicted molar refractivity (Wildman–Crippen MR) is 130 cm³/mol. The van der Waals surface area contributed by atoms with Crippen LogP contribution in [0.2, 0.25) is 0 Å². The molecule has 0 saturated heterocycles. The fourth-order valence-electron chi connectivity index (χ4n) is 3.79. The van der Waals surface area contributed by atoms with E-state index in [2.05, 4.69) is 31.2 Å². The van der Waals surface area contributed by atoms with Crippen molar-refractivity contribution in [2.75, 3.05) is 5.32 Å². The number of hydrogen-bond acceptors (Lipinski definition) is 6. The summed E-state index contributed by atoms with van der Waals surface area (Å²) in [5.74, 6) is 0.531. The molecule has 9 heteroatoms. The number of halogens is 1. The highest BCUT2D eigenvalue weighted by Crippen LogP contribution is 2.37. The fraction of sp³-hybridized carbons (Fsp3) is 0.217. The van der Waals surface area contributed by atoms with E-state index in [9.17, 15) is 9.59 Å². The summed E-state index contributed by atoms with van der Waals surface area (Å²) < 4.78 is 3.31. The Kier molecular flexibility index (Phi) is 5.94. The van der Waals surface area contributed by atoms with E-state index < -0.39 is 11.2 Å². The number of fused-ring (bicyclic) bond motifs is 1. The van der Waals surface area contributed by atoms with Gasteiger partial charge < -0.3 is 11.1 Å². The Bertz CT molecular complexity index is 1440. The van der Waals surface area contributed by atoms with Gasteiger partial charge in [-0.25, -0.2) is 9.78 Å². The molecular formula is C23H23BrN6O2. The summed E-state index contributed by atoms with van der Waals surface area (Å²) in [5, 5.41) is 3.70. The number of hydrogen-bond donors (Lipinski definition) is 2. The van der Waals surface area contributed by atoms with Gasteiger partial charge in [-0.1, -0.05) is 33.6 Å². The summed E-state index contributed by atoms with van der Waals surface area (Å²) in [6.45, 7) is 2.63. The molecule has 4 aromatic rings. The second-order valence-corrected chi connectivity index (χ2v) is 8.47. The van der Waals surface area contributed by atoms with Crippen LogP contribution >= 0.6 is 15.9 Å². The quantitative estimate of drug-likeness (QED) is 0.441. The SMILES string of the molecule is Cc1ccc(Br)c(-c2c(CN)c(NCc3ccncc3)nc3c2c(=O)n(C)c(=O)n3C)c1. The van der Waals surface area contributed by atoms with Gasteiger partial charge in [-0.2, -0.15) is 0 Å². The van der Waals surface area contributed by atoms with Crippen molar-refractivity contribution in [2.24, 2.45) is 19.8 Å². The summed E-state index contributed by atoms with van der Waals surface area (Å²) in [7, 11) is 3.08. The Hall–Kier alpha value is -3.30. The highest BCUT2D eigenvalue weighted by atomic mass is 79.9. The van der Waals surface area contributed by atoms with Crippen molar-refractivity contribution in [3.8, 4) is 11.1 Å². The molecule has 3 N–H and O–H groups in total. The first kappa shape index (κ1) is 21.9. The Morgan fingerprint density at radius 1 is 1.09 bits per heavy atom. The molecule has 32 heavy (non-hydrogen) atoms. The molecule has 3 aromatic heterocycles. The summed E-state index contributed by atoms with van der Waals surface area (Å²) in [6.07, 6.45) is 3.44. The number of pyridine rings is 2. The van der Waals surface area contributed by atoms with Crippen molar-refractivity contribution in [1.29, 1.82) is 0 Å². The average Bonchev–Trinajstić information content (AvgIpc) is 2.81. The number of nitrogens with zero attached hydrogens (tertiary/aromatic N) is 4. The van der Waals surface area contributed by atoms with E-state index in [1.54, 1.807) is 19.4 Å². The zero-order chi connectivity index (χ0) is 23.0. The van der Waals surface area contributed by atoms with Gasteiger partial charge in [0.25, 0.3) is 5.56 Å². The third-order valence-corrected chi connectivity index (χ3v) is 6.19. The standard InChI is InChI=1S/C23H23BrN6O2/c1-13-4-5-17(24)15(10-13)18-16(11-25)20(27-12-14-6-8-26-9-7-14)28-21-19(18)22(31)30(3)23(32)29(21)2/h4-10H,11-12,25H2,1-3H3,(H,27,28). The van der Waals surface area contributed by atoms with Crippen molar-refractivity contribution >= 4 is 32.8 Å². The lowest BCUT2D eigenvalue weighted by Gasteiger charge is -2.20. The molecule has 0 radical (unpaired) electrons. The number of aryl methyl sites for hydroxylation is 2. The van der Waals surface area contributed by atoms with Gasteiger partial charge in [0.2, 0.25) is 0 Å². The molecule has 1 aromatic carbocycles. The molecule has 3 heterocycles. The highest BCUT2D eigenvalue weighted by molar-refractivity contribution is 9.10. The van der Waals surface area contributed by atoms with Gasteiger partial charge in [-0.3, -0.25) is 18.9 Å². The van der Waals surface area contributed by atoms with Gasteiger partial charge in [0.1, 0.15) is 5.82 Å². The van der Waals surface area contributed by atoms with Crippen LogP contribution in [0.3, 0.4) is 0 Å². The molecule has 0 aliphatic rings. The number of rotatable bonds is 5. The smallest absolute Gasteiger partial charge is 0.332 e. The molecule has 0 spiro atoms. The van der Waals surface area contributed by atoms with E-state index in [1.807, 2.05) is 37.3 Å². The third kappa shape index (κ3) is 3.74. The molecule has 4 rings (SSSR count). The average molecular weight is 495 g/mol. The zero-order valence-corrected chi connectivity index (χ0v) is 19.6. The second-order valence-electron chi connectivity index (χ2n) is 7.61. The van der Waals surface area contributed by atoms with Crippen LogP contribution in [0.25, 0.3) is 22.2 Å². The van der Waals surface area contributed by atoms with Crippen molar-refractivity contribution < 1.29 is 0 Å². The summed E-state index contributed by atoms with van der Waals surface area (Å²) in [6, 6.07) is 9.72. The first-order valence-corrected chi connectivity index (χ1v) is 10.8. The monoisotopic (exact) mass is 494 g/mol. The maximum Gasteiger partial charge on any atom is 0.332 e. The van der Waals surface area contributed by atoms with Gasteiger partial charge in [-0.15, -0.1) is 0 Å². The van der Waals surface area contributed by atoms with E-state index >= 15 is 0 Å². The number of anilines is 1. The van der Waals surface area contributed by atoms with Gasteiger partial charge in [0.15, 0.2) is 5.65 Å². The van der Waals surface area contributed by atoms with E-state index in [-0.39, 0.29) is 6.54 Å². The van der Waals surface area contributed by atoms with E-state index in [4.69, 9.17) is 5.73 Å². The molecular weight excluding hydrogens is 472 g/mol. The van der Waals surface area contributed by atoms with Gasteiger partial charge in [-0.05, 0) is 36.2 Å². The summed E-state index contributed by atoms with van der Waals surface area (Å²) in [5.41, 5.74) is 9.90. The van der Waals surface area contributed by atoms with Crippen LogP contribution in [-0.4, -0.2) is 19.1 Å². The maximum absolute atomic E-state index is 13.3. The number of aromatic nitrogens is 4. The minimum atomic E-state index is -0.440. The first-order valence-electron chi connectivity index (χ1n) is 10.1. The van der Waals surface area contributed by atoms with Gasteiger partial charge in [0.05, 0.1) is 5.39 Å². The van der Waals surface area contributed by atoms with Crippen LogP contribution < -0.4 is 22.3 Å². The normalized spacial score (nSPS) is 11.2. The van der Waals surface area contributed by atoms with Crippen LogP contribution in [0.15, 0.2) is 56.8 Å². The first-order chi connectivity index (χ1) is 15.3. The third-order valence-electron chi connectivity index (χ3n) is 5.49. The minimum absolute atomic E-state index is 0.156. The van der Waals surface area contributed by atoms with Crippen molar-refractivity contribution in [3.63, 3.8) is 0 Å². The van der Waals surface area contributed by atoms with Crippen LogP contribution in [0, 0.1) is 6.92 Å². The minimum Gasteiger partial charge on any atom is -0.366 e. The van der Waals surface area contributed by atoms with Crippen LogP contribution in [0.1, 0.15) is 16.7 Å². The molecule has 0 fully saturated rings. The number of benzene rings is 1. The Labute approximate surface area is 192 Å². The molecule has 0 bridgehead atoms. The molecule has 0 unspecified atom stereocenters. The fourth-order valence-corrected chi connectivity index (χ4v) is 4.23. The lowest BCUT2D eigenvalue weighted by Crippen LogP contribution is -2.38. The van der Waals surface area contributed by atoms with Crippen molar-refractivity contribution in [2.45, 2.75) is 20.0 Å². The van der Waals surface area contributed by atoms with E-state index in [0.29, 0.717) is 34.5 Å². The highest BCUT2D eigenvalue weighted by Gasteiger charge is 2.23. The van der Waals surface area contributed by atoms with E-state index in [1.165, 1.54) is 11.6 Å². The number of nitrogens with one attached hydrogen (secondary N) is 1. The lowest BCUT2D eigenvalue weighted by atomic mass is 9.95. The van der Waals surface area contributed by atoms with Crippen LogP contribution in [0.4, 0.5) is 5.82 Å². The second kappa shape index (κ2) is 8.68. The van der Waals surface area contributed by atoms with Crippen molar-refractivity contribution in [3.05, 3.63) is 84.7 Å². The predicted octanol–water partition coefficient (Wildman–Crippen LogP) is 2.84. The Morgan fingerprint density at radius 3 is 2.50 bits per heavy atom. The Morgan fingerprint density at radius 2 is 1.81 bits per heavy atom. The van der Waals surface area contributed by atoms with Crippen LogP contribution in [-0.2, 0) is 27.2 Å². The molecule has 0 atom stereocenters. The van der Waals surface area contributed by atoms with E-state index in [0.717, 1.165) is 25.7 Å². The lowest BCUT2D eigenvalue weighted by molar-refractivity contribution is 0.707. The zero-order valence-electron chi connectivity index (χ0n) is 18.0. The van der Waals surface area contributed by atoms with Crippen molar-refractivity contribution in [1.82, 2.24) is 19.1 Å². The molecule has 0 aliphatic heterocycles. The summed E-state index contributed by atoms with van der Waals surface area (Å²) in [4.78, 5) is 34.7. The molecule has 0 amide bonds. The number of nitrogens with two attached hydrogens (primary N) is 1. The largest absolute Gasteiger partial charge is 0.366 e. The van der Waals surface area contributed by atoms with Crippen LogP contribution in [0.5, 0.6) is 0 Å². The summed E-state index contributed by atoms with van der Waals surface area (Å²) >= 11 is 3.63. The maximum atomic E-state index is 13.3. The van der Waals surface area contributed by atoms with Gasteiger partial charge >= 0.3 is 5.69 Å². The molecule has 0 aliphatic carbocycles. The molecule has 0 saturated carbocycles. The topological polar surface area (TPSA) is 108 Å². The Balaban J connectivity index is 2.09.